The maximum Gasteiger partial charge on any atom is 0.242 e. The molecule has 0 aliphatic carbocycles. The minimum atomic E-state index is -0.474. The summed E-state index contributed by atoms with van der Waals surface area (Å²) in [4.78, 5) is 31.6. The average Bonchev–Trinajstić information content (AvgIpc) is 2.95. The topological polar surface area (TPSA) is 61.8 Å². The Bertz CT molecular complexity index is 873. The van der Waals surface area contributed by atoms with Gasteiger partial charge in [0.15, 0.2) is 5.17 Å². The van der Waals surface area contributed by atoms with E-state index in [1.165, 1.54) is 11.8 Å². The molecule has 1 fully saturated rings. The second-order valence-corrected chi connectivity index (χ2v) is 8.05. The first-order valence-electron chi connectivity index (χ1n) is 9.24. The number of amides is 2. The second-order valence-electron chi connectivity index (χ2n) is 6.44. The van der Waals surface area contributed by atoms with Gasteiger partial charge in [0, 0.05) is 23.7 Å². The number of unbranched alkanes of at least 4 members (excludes halogenated alkanes) is 1. The number of carbonyl (C=O) groups is 2. The Morgan fingerprint density at radius 1 is 1.21 bits per heavy atom. The Labute approximate surface area is 174 Å². The van der Waals surface area contributed by atoms with Crippen LogP contribution in [0.3, 0.4) is 0 Å². The van der Waals surface area contributed by atoms with Crippen molar-refractivity contribution in [2.45, 2.75) is 31.4 Å². The summed E-state index contributed by atoms with van der Waals surface area (Å²) in [7, 11) is 0. The summed E-state index contributed by atoms with van der Waals surface area (Å²) in [6.45, 7) is 2.69. The molecule has 2 aromatic rings. The Morgan fingerprint density at radius 3 is 2.71 bits per heavy atom. The van der Waals surface area contributed by atoms with Gasteiger partial charge in [-0.2, -0.15) is 0 Å². The minimum absolute atomic E-state index is 0.0608. The summed E-state index contributed by atoms with van der Waals surface area (Å²) in [5.74, 6) is -0.279. The van der Waals surface area contributed by atoms with E-state index in [1.54, 1.807) is 29.2 Å². The lowest BCUT2D eigenvalue weighted by Gasteiger charge is -2.15. The van der Waals surface area contributed by atoms with Crippen molar-refractivity contribution in [3.63, 3.8) is 0 Å². The maximum atomic E-state index is 12.9. The van der Waals surface area contributed by atoms with Gasteiger partial charge in [-0.25, -0.2) is 4.99 Å². The Balaban J connectivity index is 1.71. The quantitative estimate of drug-likeness (QED) is 0.684. The van der Waals surface area contributed by atoms with Crippen LogP contribution in [0.15, 0.2) is 59.6 Å². The summed E-state index contributed by atoms with van der Waals surface area (Å²) >= 11 is 7.31. The van der Waals surface area contributed by atoms with E-state index < -0.39 is 5.25 Å². The van der Waals surface area contributed by atoms with Gasteiger partial charge in [0.2, 0.25) is 11.8 Å². The van der Waals surface area contributed by atoms with Crippen LogP contribution >= 0.6 is 23.4 Å². The fraction of sp³-hybridized carbons (Fsp3) is 0.286. The van der Waals surface area contributed by atoms with Crippen molar-refractivity contribution in [2.24, 2.45) is 4.99 Å². The smallest absolute Gasteiger partial charge is 0.242 e. The van der Waals surface area contributed by atoms with E-state index in [-0.39, 0.29) is 18.2 Å². The molecule has 3 rings (SSSR count). The number of hydrogen-bond donors (Lipinski definition) is 1. The number of benzene rings is 2. The zero-order chi connectivity index (χ0) is 19.9. The molecule has 1 saturated heterocycles. The Hall–Kier alpha value is -2.31. The number of para-hydroxylation sites is 1. The van der Waals surface area contributed by atoms with E-state index in [0.29, 0.717) is 22.4 Å². The number of carbonyl (C=O) groups excluding carboxylic acids is 2. The van der Waals surface area contributed by atoms with E-state index in [2.05, 4.69) is 17.2 Å². The highest BCUT2D eigenvalue weighted by molar-refractivity contribution is 8.15. The summed E-state index contributed by atoms with van der Waals surface area (Å²) in [6, 6.07) is 16.5. The Kier molecular flexibility index (Phi) is 7.12. The molecule has 2 aromatic carbocycles. The summed E-state index contributed by atoms with van der Waals surface area (Å²) in [5.41, 5.74) is 1.41. The number of aliphatic imine (C=N–C) groups is 1. The first-order valence-corrected chi connectivity index (χ1v) is 10.5. The lowest BCUT2D eigenvalue weighted by atomic mass is 10.2. The van der Waals surface area contributed by atoms with Crippen LogP contribution < -0.4 is 5.32 Å². The number of thioether (sulfide) groups is 1. The van der Waals surface area contributed by atoms with Crippen LogP contribution in [0, 0.1) is 0 Å². The van der Waals surface area contributed by atoms with Crippen LogP contribution in [0.1, 0.15) is 26.2 Å². The van der Waals surface area contributed by atoms with Gasteiger partial charge in [-0.15, -0.1) is 0 Å². The summed E-state index contributed by atoms with van der Waals surface area (Å²) in [5, 5.41) is 3.54. The molecule has 1 heterocycles. The minimum Gasteiger partial charge on any atom is -0.326 e. The molecule has 0 radical (unpaired) electrons. The van der Waals surface area contributed by atoms with Gasteiger partial charge in [0.25, 0.3) is 0 Å². The molecule has 1 aliphatic heterocycles. The van der Waals surface area contributed by atoms with Gasteiger partial charge < -0.3 is 5.32 Å². The number of nitrogens with zero attached hydrogens (tertiary/aromatic N) is 2. The average molecular weight is 416 g/mol. The Morgan fingerprint density at radius 2 is 2.00 bits per heavy atom. The first kappa shape index (κ1) is 20.4. The monoisotopic (exact) mass is 415 g/mol. The number of hydrogen-bond acceptors (Lipinski definition) is 4. The highest BCUT2D eigenvalue weighted by atomic mass is 35.5. The van der Waals surface area contributed by atoms with Gasteiger partial charge in [-0.3, -0.25) is 14.5 Å². The number of halogens is 1. The van der Waals surface area contributed by atoms with Crippen molar-refractivity contribution in [2.75, 3.05) is 11.9 Å². The van der Waals surface area contributed by atoms with E-state index in [9.17, 15) is 9.59 Å². The van der Waals surface area contributed by atoms with Crippen LogP contribution in [0.4, 0.5) is 11.4 Å². The lowest BCUT2D eigenvalue weighted by Crippen LogP contribution is -2.34. The van der Waals surface area contributed by atoms with E-state index in [0.717, 1.165) is 18.5 Å². The molecule has 1 unspecified atom stereocenters. The van der Waals surface area contributed by atoms with Crippen molar-refractivity contribution < 1.29 is 9.59 Å². The standard InChI is InChI=1S/C21H22ClN3O2S/c1-2-3-12-25-20(27)18(28-21(25)24-16-9-5-4-6-10-16)14-19(26)23-17-11-7-8-15(22)13-17/h4-11,13,18H,2-3,12,14H2,1H3,(H,23,26). The highest BCUT2D eigenvalue weighted by Crippen LogP contribution is 2.32. The molecule has 7 heteroatoms. The van der Waals surface area contributed by atoms with Gasteiger partial charge in [-0.05, 0) is 36.8 Å². The molecule has 146 valence electrons. The maximum absolute atomic E-state index is 12.9. The van der Waals surface area contributed by atoms with Crippen LogP contribution in [0.2, 0.25) is 5.02 Å². The second kappa shape index (κ2) is 9.75. The van der Waals surface area contributed by atoms with Gasteiger partial charge in [-0.1, -0.05) is 61.0 Å². The highest BCUT2D eigenvalue weighted by Gasteiger charge is 2.38. The number of nitrogens with one attached hydrogen (secondary N) is 1. The lowest BCUT2D eigenvalue weighted by molar-refractivity contribution is -0.128. The van der Waals surface area contributed by atoms with Crippen LogP contribution in [-0.4, -0.2) is 33.7 Å². The zero-order valence-electron chi connectivity index (χ0n) is 15.6. The molecule has 0 spiro atoms. The third-order valence-electron chi connectivity index (χ3n) is 4.22. The fourth-order valence-electron chi connectivity index (χ4n) is 2.81. The largest absolute Gasteiger partial charge is 0.326 e. The number of rotatable bonds is 7. The summed E-state index contributed by atoms with van der Waals surface area (Å²) < 4.78 is 0. The predicted molar refractivity (Wildman–Crippen MR) is 116 cm³/mol. The molecule has 0 aromatic heterocycles. The molecule has 2 amide bonds. The molecule has 0 bridgehead atoms. The molecule has 0 saturated carbocycles. The van der Waals surface area contributed by atoms with Gasteiger partial charge in [0.1, 0.15) is 5.25 Å². The molecule has 5 nitrogen and oxygen atoms in total. The molecule has 1 N–H and O–H groups in total. The van der Waals surface area contributed by atoms with Crippen LogP contribution in [0.5, 0.6) is 0 Å². The molecular formula is C21H22ClN3O2S. The van der Waals surface area contributed by atoms with Crippen LogP contribution in [-0.2, 0) is 9.59 Å². The van der Waals surface area contributed by atoms with Crippen molar-refractivity contribution in [3.05, 3.63) is 59.6 Å². The normalized spacial score (nSPS) is 17.9. The van der Waals surface area contributed by atoms with Crippen LogP contribution in [0.25, 0.3) is 0 Å². The third kappa shape index (κ3) is 5.36. The summed E-state index contributed by atoms with van der Waals surface area (Å²) in [6.07, 6.45) is 1.96. The van der Waals surface area contributed by atoms with Crippen molar-refractivity contribution in [1.82, 2.24) is 4.90 Å². The molecule has 28 heavy (non-hydrogen) atoms. The molecular weight excluding hydrogens is 394 g/mol. The van der Waals surface area contributed by atoms with Gasteiger partial charge >= 0.3 is 0 Å². The van der Waals surface area contributed by atoms with E-state index in [1.807, 2.05) is 30.3 Å². The zero-order valence-corrected chi connectivity index (χ0v) is 17.2. The van der Waals surface area contributed by atoms with Gasteiger partial charge in [0.05, 0.1) is 5.69 Å². The van der Waals surface area contributed by atoms with Crippen molar-refractivity contribution >= 4 is 51.7 Å². The number of anilines is 1. The third-order valence-corrected chi connectivity index (χ3v) is 5.63. The van der Waals surface area contributed by atoms with Crippen molar-refractivity contribution in [3.8, 4) is 0 Å². The van der Waals surface area contributed by atoms with E-state index >= 15 is 0 Å². The van der Waals surface area contributed by atoms with E-state index in [4.69, 9.17) is 11.6 Å². The predicted octanol–water partition coefficient (Wildman–Crippen LogP) is 5.10. The number of amidine groups is 1. The molecule has 1 aliphatic rings. The molecule has 1 atom stereocenters. The first-order chi connectivity index (χ1) is 13.6. The SMILES string of the molecule is CCCCN1C(=O)C(CC(=O)Nc2cccc(Cl)c2)SC1=Nc1ccccc1. The van der Waals surface area contributed by atoms with Crippen molar-refractivity contribution in [1.29, 1.82) is 0 Å². The fourth-order valence-corrected chi connectivity index (χ4v) is 4.18.